The number of hydrogen-bond donors (Lipinski definition) is 2. The topological polar surface area (TPSA) is 61.4 Å². The lowest BCUT2D eigenvalue weighted by Crippen LogP contribution is -2.34. The number of rotatable bonds is 5. The maximum Gasteiger partial charge on any atom is 0.134 e. The number of methoxy groups -OCH3 is 1. The largest absolute Gasteiger partial charge is 0.508 e. The van der Waals surface area contributed by atoms with Gasteiger partial charge in [0, 0.05) is 35.8 Å². The standard InChI is InChI=1S/C22H23F2N3O2/c1-29-16-7-8-20(28)15(10-16)13-27-9-3-4-14(12-27)22-17(11-25-26-22)21-18(23)5-2-6-19(21)24/h2,5-8,10-11,14,28H,3-4,9,12-13H2,1H3,(H,25,26). The molecule has 152 valence electrons. The molecule has 0 radical (unpaired) electrons. The van der Waals surface area contributed by atoms with Gasteiger partial charge in [0.2, 0.25) is 0 Å². The summed E-state index contributed by atoms with van der Waals surface area (Å²) in [7, 11) is 1.59. The minimum atomic E-state index is -0.596. The van der Waals surface area contributed by atoms with Gasteiger partial charge in [-0.1, -0.05) is 6.07 Å². The highest BCUT2D eigenvalue weighted by atomic mass is 19.1. The third kappa shape index (κ3) is 3.96. The second-order valence-corrected chi connectivity index (χ2v) is 7.36. The molecule has 1 atom stereocenters. The van der Waals surface area contributed by atoms with E-state index in [0.717, 1.165) is 30.6 Å². The first-order chi connectivity index (χ1) is 14.1. The molecule has 2 heterocycles. The summed E-state index contributed by atoms with van der Waals surface area (Å²) < 4.78 is 33.9. The summed E-state index contributed by atoms with van der Waals surface area (Å²) in [6.07, 6.45) is 3.32. The van der Waals surface area contributed by atoms with E-state index in [1.807, 2.05) is 6.07 Å². The molecule has 1 aliphatic heterocycles. The van der Waals surface area contributed by atoms with Crippen LogP contribution in [0.1, 0.15) is 30.0 Å². The number of nitrogens with zero attached hydrogens (tertiary/aromatic N) is 2. The summed E-state index contributed by atoms with van der Waals surface area (Å²) in [5.74, 6) is -0.211. The minimum absolute atomic E-state index is 0.0428. The molecule has 1 saturated heterocycles. The number of nitrogens with one attached hydrogen (secondary N) is 1. The van der Waals surface area contributed by atoms with Crippen LogP contribution in [0.25, 0.3) is 11.1 Å². The third-order valence-electron chi connectivity index (χ3n) is 5.50. The molecule has 1 aliphatic rings. The smallest absolute Gasteiger partial charge is 0.134 e. The molecule has 1 aromatic heterocycles. The van der Waals surface area contributed by atoms with Gasteiger partial charge in [-0.25, -0.2) is 8.78 Å². The molecule has 2 aromatic carbocycles. The maximum absolute atomic E-state index is 14.3. The Hall–Kier alpha value is -2.93. The van der Waals surface area contributed by atoms with Crippen molar-refractivity contribution in [3.8, 4) is 22.6 Å². The van der Waals surface area contributed by atoms with Crippen LogP contribution in [-0.4, -0.2) is 40.4 Å². The second kappa shape index (κ2) is 8.21. The van der Waals surface area contributed by atoms with Crippen LogP contribution in [0.4, 0.5) is 8.78 Å². The summed E-state index contributed by atoms with van der Waals surface area (Å²) in [5.41, 5.74) is 1.96. The van der Waals surface area contributed by atoms with E-state index in [2.05, 4.69) is 15.1 Å². The molecule has 0 saturated carbocycles. The van der Waals surface area contributed by atoms with E-state index in [0.29, 0.717) is 24.4 Å². The van der Waals surface area contributed by atoms with Crippen molar-refractivity contribution in [1.29, 1.82) is 0 Å². The fourth-order valence-electron chi connectivity index (χ4n) is 4.05. The van der Waals surface area contributed by atoms with E-state index < -0.39 is 11.6 Å². The van der Waals surface area contributed by atoms with Crippen LogP contribution in [0, 0.1) is 11.6 Å². The number of phenols is 1. The number of likely N-dealkylation sites (tertiary alicyclic amines) is 1. The number of piperidine rings is 1. The first kappa shape index (κ1) is 19.4. The Bertz CT molecular complexity index is 985. The van der Waals surface area contributed by atoms with Gasteiger partial charge in [-0.2, -0.15) is 5.10 Å². The van der Waals surface area contributed by atoms with Gasteiger partial charge in [-0.15, -0.1) is 0 Å². The molecule has 2 N–H and O–H groups in total. The Balaban J connectivity index is 1.57. The van der Waals surface area contributed by atoms with E-state index >= 15 is 0 Å². The molecule has 0 bridgehead atoms. The van der Waals surface area contributed by atoms with Crippen LogP contribution in [-0.2, 0) is 6.54 Å². The highest BCUT2D eigenvalue weighted by Gasteiger charge is 2.27. The van der Waals surface area contributed by atoms with Gasteiger partial charge < -0.3 is 9.84 Å². The van der Waals surface area contributed by atoms with Crippen LogP contribution < -0.4 is 4.74 Å². The molecule has 3 aromatic rings. The first-order valence-corrected chi connectivity index (χ1v) is 9.62. The van der Waals surface area contributed by atoms with E-state index in [1.165, 1.54) is 24.4 Å². The van der Waals surface area contributed by atoms with E-state index in [9.17, 15) is 13.9 Å². The van der Waals surface area contributed by atoms with E-state index in [1.54, 1.807) is 19.2 Å². The number of H-pyrrole nitrogens is 1. The van der Waals surface area contributed by atoms with Crippen molar-refractivity contribution in [3.05, 3.63) is 65.5 Å². The van der Waals surface area contributed by atoms with Crippen molar-refractivity contribution in [2.45, 2.75) is 25.3 Å². The maximum atomic E-state index is 14.3. The Morgan fingerprint density at radius 2 is 2.03 bits per heavy atom. The zero-order valence-electron chi connectivity index (χ0n) is 16.2. The van der Waals surface area contributed by atoms with Gasteiger partial charge in [-0.05, 0) is 49.7 Å². The fourth-order valence-corrected chi connectivity index (χ4v) is 4.05. The van der Waals surface area contributed by atoms with Gasteiger partial charge in [0.05, 0.1) is 18.9 Å². The van der Waals surface area contributed by atoms with Crippen molar-refractivity contribution >= 4 is 0 Å². The number of halogens is 2. The van der Waals surface area contributed by atoms with Crippen molar-refractivity contribution < 1.29 is 18.6 Å². The predicted molar refractivity (Wildman–Crippen MR) is 106 cm³/mol. The second-order valence-electron chi connectivity index (χ2n) is 7.36. The Morgan fingerprint density at radius 1 is 1.24 bits per heavy atom. The van der Waals surface area contributed by atoms with Crippen LogP contribution in [0.15, 0.2) is 42.6 Å². The Morgan fingerprint density at radius 3 is 2.79 bits per heavy atom. The highest BCUT2D eigenvalue weighted by Crippen LogP contribution is 2.36. The molecule has 4 rings (SSSR count). The Labute approximate surface area is 167 Å². The molecular formula is C22H23F2N3O2. The molecule has 0 amide bonds. The normalized spacial score (nSPS) is 17.4. The quantitative estimate of drug-likeness (QED) is 0.666. The number of aromatic hydroxyl groups is 1. The monoisotopic (exact) mass is 399 g/mol. The number of aromatic nitrogens is 2. The minimum Gasteiger partial charge on any atom is -0.508 e. The van der Waals surface area contributed by atoms with Gasteiger partial charge in [-0.3, -0.25) is 10.00 Å². The first-order valence-electron chi connectivity index (χ1n) is 9.62. The zero-order valence-corrected chi connectivity index (χ0v) is 16.2. The lowest BCUT2D eigenvalue weighted by atomic mass is 9.90. The van der Waals surface area contributed by atoms with Crippen LogP contribution >= 0.6 is 0 Å². The Kier molecular flexibility index (Phi) is 5.49. The van der Waals surface area contributed by atoms with Gasteiger partial charge in [0.25, 0.3) is 0 Å². The molecular weight excluding hydrogens is 376 g/mol. The summed E-state index contributed by atoms with van der Waals surface area (Å²) >= 11 is 0. The van der Waals surface area contributed by atoms with Crippen molar-refractivity contribution in [2.75, 3.05) is 20.2 Å². The zero-order chi connectivity index (χ0) is 20.4. The molecule has 29 heavy (non-hydrogen) atoms. The molecule has 5 nitrogen and oxygen atoms in total. The fraction of sp³-hybridized carbons (Fsp3) is 0.318. The van der Waals surface area contributed by atoms with E-state index in [-0.39, 0.29) is 17.2 Å². The number of ether oxygens (including phenoxy) is 1. The molecule has 1 unspecified atom stereocenters. The molecule has 0 spiro atoms. The van der Waals surface area contributed by atoms with Gasteiger partial charge >= 0.3 is 0 Å². The molecule has 1 fully saturated rings. The number of benzene rings is 2. The number of aromatic amines is 1. The van der Waals surface area contributed by atoms with Crippen LogP contribution in [0.2, 0.25) is 0 Å². The predicted octanol–water partition coefficient (Wildman–Crippen LogP) is 4.45. The SMILES string of the molecule is COc1ccc(O)c(CN2CCCC(c3[nH]ncc3-c3c(F)cccc3F)C2)c1. The van der Waals surface area contributed by atoms with Crippen molar-refractivity contribution in [3.63, 3.8) is 0 Å². The summed E-state index contributed by atoms with van der Waals surface area (Å²) in [5, 5.41) is 17.2. The van der Waals surface area contributed by atoms with Crippen LogP contribution in [0.5, 0.6) is 11.5 Å². The number of phenolic OH excluding ortho intramolecular Hbond substituents is 1. The average molecular weight is 399 g/mol. The summed E-state index contributed by atoms with van der Waals surface area (Å²) in [4.78, 5) is 2.23. The lowest BCUT2D eigenvalue weighted by Gasteiger charge is -2.33. The highest BCUT2D eigenvalue weighted by molar-refractivity contribution is 5.67. The summed E-state index contributed by atoms with van der Waals surface area (Å²) in [6, 6.07) is 9.05. The van der Waals surface area contributed by atoms with Crippen molar-refractivity contribution in [2.24, 2.45) is 0 Å². The average Bonchev–Trinajstić information content (AvgIpc) is 3.19. The van der Waals surface area contributed by atoms with E-state index in [4.69, 9.17) is 4.74 Å². The third-order valence-corrected chi connectivity index (χ3v) is 5.50. The lowest BCUT2D eigenvalue weighted by molar-refractivity contribution is 0.196. The molecule has 7 heteroatoms. The van der Waals surface area contributed by atoms with Crippen LogP contribution in [0.3, 0.4) is 0 Å². The van der Waals surface area contributed by atoms with Crippen molar-refractivity contribution in [1.82, 2.24) is 15.1 Å². The van der Waals surface area contributed by atoms with Gasteiger partial charge in [0.15, 0.2) is 0 Å². The number of hydrogen-bond acceptors (Lipinski definition) is 4. The summed E-state index contributed by atoms with van der Waals surface area (Å²) in [6.45, 7) is 2.14. The molecule has 0 aliphatic carbocycles. The van der Waals surface area contributed by atoms with Gasteiger partial charge in [0.1, 0.15) is 23.1 Å².